The third-order valence-corrected chi connectivity index (χ3v) is 2.27. The summed E-state index contributed by atoms with van der Waals surface area (Å²) in [6, 6.07) is 17.6. The Bertz CT molecular complexity index is 521. The second kappa shape index (κ2) is 5.87. The van der Waals surface area contributed by atoms with Crippen LogP contribution in [0.4, 0.5) is 0 Å². The number of ether oxygens (including phenoxy) is 1. The molecular formula is C15H16N2O. The summed E-state index contributed by atoms with van der Waals surface area (Å²) in [4.78, 5) is 0. The van der Waals surface area contributed by atoms with Crippen LogP contribution in [0.1, 0.15) is 5.56 Å². The SMILES string of the molecule is CN(C)/N=C/c1cccc(Oc2ccccc2)c1. The molecule has 0 spiro atoms. The van der Waals surface area contributed by atoms with Crippen molar-refractivity contribution in [3.8, 4) is 11.5 Å². The van der Waals surface area contributed by atoms with E-state index in [1.807, 2.05) is 68.7 Å². The highest BCUT2D eigenvalue weighted by Gasteiger charge is 1.97. The van der Waals surface area contributed by atoms with Gasteiger partial charge in [-0.15, -0.1) is 0 Å². The van der Waals surface area contributed by atoms with E-state index in [1.165, 1.54) is 0 Å². The molecule has 2 aromatic rings. The highest BCUT2D eigenvalue weighted by Crippen LogP contribution is 2.21. The van der Waals surface area contributed by atoms with Crippen molar-refractivity contribution in [2.24, 2.45) is 5.10 Å². The van der Waals surface area contributed by atoms with Crippen LogP contribution < -0.4 is 4.74 Å². The maximum absolute atomic E-state index is 5.75. The molecule has 3 heteroatoms. The largest absolute Gasteiger partial charge is 0.457 e. The van der Waals surface area contributed by atoms with Crippen molar-refractivity contribution >= 4 is 6.21 Å². The van der Waals surface area contributed by atoms with Crippen molar-refractivity contribution in [1.82, 2.24) is 5.01 Å². The molecule has 0 fully saturated rings. The van der Waals surface area contributed by atoms with Crippen molar-refractivity contribution in [3.63, 3.8) is 0 Å². The minimum atomic E-state index is 0.809. The first kappa shape index (κ1) is 12.2. The lowest BCUT2D eigenvalue weighted by molar-refractivity contribution is 0.440. The molecule has 0 aliphatic carbocycles. The first-order valence-electron chi connectivity index (χ1n) is 5.78. The number of para-hydroxylation sites is 1. The molecule has 0 aliphatic rings. The van der Waals surface area contributed by atoms with Gasteiger partial charge in [-0.05, 0) is 29.8 Å². The van der Waals surface area contributed by atoms with Gasteiger partial charge in [0.05, 0.1) is 6.21 Å². The number of hydrazone groups is 1. The first-order chi connectivity index (χ1) is 8.74. The molecule has 0 aliphatic heterocycles. The van der Waals surface area contributed by atoms with Crippen LogP contribution in [0.2, 0.25) is 0 Å². The summed E-state index contributed by atoms with van der Waals surface area (Å²) in [7, 11) is 3.78. The summed E-state index contributed by atoms with van der Waals surface area (Å²) in [6.45, 7) is 0. The zero-order valence-electron chi connectivity index (χ0n) is 10.6. The molecule has 0 bridgehead atoms. The molecule has 0 unspecified atom stereocenters. The molecular weight excluding hydrogens is 224 g/mol. The van der Waals surface area contributed by atoms with Gasteiger partial charge in [-0.25, -0.2) is 0 Å². The van der Waals surface area contributed by atoms with E-state index in [9.17, 15) is 0 Å². The van der Waals surface area contributed by atoms with E-state index < -0.39 is 0 Å². The van der Waals surface area contributed by atoms with Gasteiger partial charge in [0.15, 0.2) is 0 Å². The molecule has 0 saturated carbocycles. The molecule has 3 nitrogen and oxygen atoms in total. The van der Waals surface area contributed by atoms with Gasteiger partial charge >= 0.3 is 0 Å². The predicted octanol–water partition coefficient (Wildman–Crippen LogP) is 3.37. The Labute approximate surface area is 107 Å². The molecule has 0 heterocycles. The summed E-state index contributed by atoms with van der Waals surface area (Å²) in [5, 5.41) is 5.95. The fourth-order valence-electron chi connectivity index (χ4n) is 1.47. The number of hydrogen-bond acceptors (Lipinski definition) is 3. The number of hydrogen-bond donors (Lipinski definition) is 0. The minimum Gasteiger partial charge on any atom is -0.457 e. The Morgan fingerprint density at radius 2 is 1.67 bits per heavy atom. The fourth-order valence-corrected chi connectivity index (χ4v) is 1.47. The zero-order chi connectivity index (χ0) is 12.8. The second-order valence-corrected chi connectivity index (χ2v) is 4.08. The van der Waals surface area contributed by atoms with Crippen LogP contribution in [0.25, 0.3) is 0 Å². The van der Waals surface area contributed by atoms with Crippen molar-refractivity contribution in [1.29, 1.82) is 0 Å². The van der Waals surface area contributed by atoms with E-state index in [2.05, 4.69) is 5.10 Å². The highest BCUT2D eigenvalue weighted by atomic mass is 16.5. The van der Waals surface area contributed by atoms with E-state index in [-0.39, 0.29) is 0 Å². The maximum atomic E-state index is 5.75. The van der Waals surface area contributed by atoms with Crippen LogP contribution in [0, 0.1) is 0 Å². The molecule has 0 radical (unpaired) electrons. The van der Waals surface area contributed by atoms with Gasteiger partial charge in [-0.2, -0.15) is 5.10 Å². The Kier molecular flexibility index (Phi) is 3.97. The predicted molar refractivity (Wildman–Crippen MR) is 74.2 cm³/mol. The molecule has 0 atom stereocenters. The number of rotatable bonds is 4. The Morgan fingerprint density at radius 1 is 0.944 bits per heavy atom. The summed E-state index contributed by atoms with van der Waals surface area (Å²) >= 11 is 0. The summed E-state index contributed by atoms with van der Waals surface area (Å²) in [5.74, 6) is 1.64. The van der Waals surface area contributed by atoms with Gasteiger partial charge in [0.2, 0.25) is 0 Å². The van der Waals surface area contributed by atoms with Gasteiger partial charge in [0, 0.05) is 14.1 Å². The summed E-state index contributed by atoms with van der Waals surface area (Å²) in [6.07, 6.45) is 1.80. The van der Waals surface area contributed by atoms with Crippen molar-refractivity contribution in [3.05, 3.63) is 60.2 Å². The third kappa shape index (κ3) is 3.63. The number of benzene rings is 2. The van der Waals surface area contributed by atoms with Gasteiger partial charge in [-0.3, -0.25) is 0 Å². The van der Waals surface area contributed by atoms with Crippen molar-refractivity contribution < 1.29 is 4.74 Å². The van der Waals surface area contributed by atoms with Crippen LogP contribution in [-0.2, 0) is 0 Å². The standard InChI is InChI=1S/C15H16N2O/c1-17(2)16-12-13-7-6-10-15(11-13)18-14-8-4-3-5-9-14/h3-12H,1-2H3/b16-12+. The fraction of sp³-hybridized carbons (Fsp3) is 0.133. The van der Waals surface area contributed by atoms with Crippen molar-refractivity contribution in [2.75, 3.05) is 14.1 Å². The molecule has 0 aromatic heterocycles. The zero-order valence-corrected chi connectivity index (χ0v) is 10.6. The normalized spacial score (nSPS) is 10.6. The molecule has 0 saturated heterocycles. The van der Waals surface area contributed by atoms with Crippen LogP contribution in [-0.4, -0.2) is 25.3 Å². The molecule has 18 heavy (non-hydrogen) atoms. The second-order valence-electron chi connectivity index (χ2n) is 4.08. The molecule has 2 aromatic carbocycles. The average molecular weight is 240 g/mol. The minimum absolute atomic E-state index is 0.809. The van der Waals surface area contributed by atoms with E-state index in [0.717, 1.165) is 17.1 Å². The smallest absolute Gasteiger partial charge is 0.128 e. The molecule has 0 amide bonds. The van der Waals surface area contributed by atoms with Crippen LogP contribution in [0.15, 0.2) is 59.7 Å². The van der Waals surface area contributed by atoms with Gasteiger partial charge in [0.1, 0.15) is 11.5 Å². The Hall–Kier alpha value is -2.29. The van der Waals surface area contributed by atoms with E-state index in [1.54, 1.807) is 11.2 Å². The Morgan fingerprint density at radius 3 is 2.39 bits per heavy atom. The number of nitrogens with zero attached hydrogens (tertiary/aromatic N) is 2. The molecule has 0 N–H and O–H groups in total. The Balaban J connectivity index is 2.13. The molecule has 92 valence electrons. The monoisotopic (exact) mass is 240 g/mol. The van der Waals surface area contributed by atoms with Crippen LogP contribution >= 0.6 is 0 Å². The highest BCUT2D eigenvalue weighted by molar-refractivity contribution is 5.80. The lowest BCUT2D eigenvalue weighted by Gasteiger charge is -2.06. The third-order valence-electron chi connectivity index (χ3n) is 2.27. The summed E-state index contributed by atoms with van der Waals surface area (Å²) in [5.41, 5.74) is 1.01. The topological polar surface area (TPSA) is 24.8 Å². The maximum Gasteiger partial charge on any atom is 0.128 e. The summed E-state index contributed by atoms with van der Waals surface area (Å²) < 4.78 is 5.75. The quantitative estimate of drug-likeness (QED) is 0.604. The van der Waals surface area contributed by atoms with E-state index in [4.69, 9.17) is 4.74 Å². The van der Waals surface area contributed by atoms with E-state index >= 15 is 0 Å². The van der Waals surface area contributed by atoms with E-state index in [0.29, 0.717) is 0 Å². The van der Waals surface area contributed by atoms with Gasteiger partial charge in [0.25, 0.3) is 0 Å². The van der Waals surface area contributed by atoms with Crippen LogP contribution in [0.5, 0.6) is 11.5 Å². The first-order valence-corrected chi connectivity index (χ1v) is 5.78. The van der Waals surface area contributed by atoms with Gasteiger partial charge < -0.3 is 9.75 Å². The average Bonchev–Trinajstić information content (AvgIpc) is 2.38. The van der Waals surface area contributed by atoms with Crippen molar-refractivity contribution in [2.45, 2.75) is 0 Å². The lowest BCUT2D eigenvalue weighted by Crippen LogP contribution is -2.01. The van der Waals surface area contributed by atoms with Crippen LogP contribution in [0.3, 0.4) is 0 Å². The lowest BCUT2D eigenvalue weighted by atomic mass is 10.2. The molecule has 2 rings (SSSR count). The van der Waals surface area contributed by atoms with Gasteiger partial charge in [-0.1, -0.05) is 30.3 Å².